The highest BCUT2D eigenvalue weighted by Crippen LogP contribution is 2.39. The summed E-state index contributed by atoms with van der Waals surface area (Å²) >= 11 is 0. The third-order valence-corrected chi connectivity index (χ3v) is 7.50. The molecule has 0 spiro atoms. The Bertz CT molecular complexity index is 1550. The van der Waals surface area contributed by atoms with Gasteiger partial charge in [0.1, 0.15) is 11.6 Å². The van der Waals surface area contributed by atoms with Gasteiger partial charge in [0.2, 0.25) is 0 Å². The van der Waals surface area contributed by atoms with Crippen molar-refractivity contribution < 1.29 is 14.3 Å². The highest BCUT2D eigenvalue weighted by molar-refractivity contribution is 6.05. The van der Waals surface area contributed by atoms with E-state index < -0.39 is 0 Å². The van der Waals surface area contributed by atoms with Gasteiger partial charge < -0.3 is 30.8 Å². The van der Waals surface area contributed by atoms with E-state index in [4.69, 9.17) is 14.9 Å². The van der Waals surface area contributed by atoms with Crippen LogP contribution in [0.3, 0.4) is 0 Å². The van der Waals surface area contributed by atoms with Gasteiger partial charge in [-0.1, -0.05) is 12.1 Å². The van der Waals surface area contributed by atoms with Gasteiger partial charge in [-0.25, -0.2) is 4.98 Å². The van der Waals surface area contributed by atoms with E-state index in [1.54, 1.807) is 18.3 Å². The molecule has 4 heterocycles. The second kappa shape index (κ2) is 12.8. The first-order valence-electron chi connectivity index (χ1n) is 14.1. The van der Waals surface area contributed by atoms with Gasteiger partial charge in [0.05, 0.1) is 26.0 Å². The summed E-state index contributed by atoms with van der Waals surface area (Å²) in [5.74, 6) is 1.41. The van der Waals surface area contributed by atoms with Gasteiger partial charge in [-0.2, -0.15) is 5.10 Å². The van der Waals surface area contributed by atoms with Crippen LogP contribution in [0.25, 0.3) is 11.1 Å². The van der Waals surface area contributed by atoms with Crippen LogP contribution in [0.1, 0.15) is 27.0 Å². The molecule has 1 amide bonds. The molecule has 11 nitrogen and oxygen atoms in total. The van der Waals surface area contributed by atoms with Crippen molar-refractivity contribution in [3.63, 3.8) is 0 Å². The van der Waals surface area contributed by atoms with E-state index >= 15 is 0 Å². The standard InChI is InChI=1S/C31H34N8O3/c32-16-23-15-22(4-5-28(23)33-7-8-39-9-12-41-13-10-39)31(40)38-25-3-1-2-21(14-25)17-34-30-26-6-11-42-29(26)27(20-35-30)24-18-36-37-19-24/h1-5,14-16,18-20,32-33H,6-13,17H2,(H,34,35)(H,36,37)(H,38,40). The van der Waals surface area contributed by atoms with Crippen molar-refractivity contribution in [2.24, 2.45) is 0 Å². The first kappa shape index (κ1) is 27.4. The molecule has 2 aromatic carbocycles. The molecular weight excluding hydrogens is 532 g/mol. The minimum Gasteiger partial charge on any atom is -0.492 e. The normalized spacial score (nSPS) is 14.6. The molecule has 4 aromatic rings. The van der Waals surface area contributed by atoms with Crippen LogP contribution < -0.4 is 20.7 Å². The Balaban J connectivity index is 1.07. The maximum Gasteiger partial charge on any atom is 0.255 e. The average Bonchev–Trinajstić information content (AvgIpc) is 3.74. The fraction of sp³-hybridized carbons (Fsp3) is 0.290. The van der Waals surface area contributed by atoms with Crippen molar-refractivity contribution in [3.8, 4) is 16.9 Å². The molecule has 42 heavy (non-hydrogen) atoms. The molecule has 0 atom stereocenters. The number of H-pyrrole nitrogens is 1. The number of nitrogens with zero attached hydrogens (tertiary/aromatic N) is 3. The summed E-state index contributed by atoms with van der Waals surface area (Å²) in [5.41, 5.74) is 6.62. The van der Waals surface area contributed by atoms with E-state index in [0.29, 0.717) is 30.0 Å². The van der Waals surface area contributed by atoms with Crippen molar-refractivity contribution in [1.82, 2.24) is 20.1 Å². The smallest absolute Gasteiger partial charge is 0.255 e. The average molecular weight is 567 g/mol. The van der Waals surface area contributed by atoms with Crippen LogP contribution in [0.5, 0.6) is 5.75 Å². The molecule has 1 saturated heterocycles. The summed E-state index contributed by atoms with van der Waals surface area (Å²) in [6, 6.07) is 13.1. The lowest BCUT2D eigenvalue weighted by atomic mass is 10.1. The summed E-state index contributed by atoms with van der Waals surface area (Å²) in [6.07, 6.45) is 7.46. The molecule has 5 N–H and O–H groups in total. The number of carbonyl (C=O) groups is 1. The number of fused-ring (bicyclic) bond motifs is 1. The maximum atomic E-state index is 13.1. The lowest BCUT2D eigenvalue weighted by molar-refractivity contribution is 0.0398. The SMILES string of the molecule is N=Cc1cc(C(=O)Nc2cccc(CNc3ncc(-c4cn[nH]c4)c4c3CCO4)c2)ccc1NCCN1CCOCC1. The molecule has 2 aromatic heterocycles. The summed E-state index contributed by atoms with van der Waals surface area (Å²) in [4.78, 5) is 20.1. The number of anilines is 3. The number of amides is 1. The largest absolute Gasteiger partial charge is 0.492 e. The summed E-state index contributed by atoms with van der Waals surface area (Å²) < 4.78 is 11.3. The Morgan fingerprint density at radius 2 is 2.00 bits per heavy atom. The van der Waals surface area contributed by atoms with Crippen molar-refractivity contribution in [3.05, 3.63) is 83.3 Å². The molecule has 0 unspecified atom stereocenters. The van der Waals surface area contributed by atoms with E-state index in [1.807, 2.05) is 42.7 Å². The van der Waals surface area contributed by atoms with Crippen LogP contribution in [-0.4, -0.2) is 78.2 Å². The Morgan fingerprint density at radius 3 is 2.83 bits per heavy atom. The number of aromatic nitrogens is 3. The van der Waals surface area contributed by atoms with Gasteiger partial charge in [-0.05, 0) is 35.9 Å². The number of carbonyl (C=O) groups excluding carboxylic acids is 1. The van der Waals surface area contributed by atoms with E-state index in [2.05, 4.69) is 36.0 Å². The maximum absolute atomic E-state index is 13.1. The molecule has 2 aliphatic rings. The summed E-state index contributed by atoms with van der Waals surface area (Å²) in [6.45, 7) is 6.22. The molecule has 0 saturated carbocycles. The molecule has 0 bridgehead atoms. The molecule has 11 heteroatoms. The molecule has 2 aliphatic heterocycles. The molecule has 0 radical (unpaired) electrons. The summed E-state index contributed by atoms with van der Waals surface area (Å²) in [5, 5.41) is 24.6. The van der Waals surface area contributed by atoms with Crippen molar-refractivity contribution in [1.29, 1.82) is 5.41 Å². The zero-order valence-corrected chi connectivity index (χ0v) is 23.3. The number of benzene rings is 2. The first-order valence-corrected chi connectivity index (χ1v) is 14.1. The molecule has 6 rings (SSSR count). The van der Waals surface area contributed by atoms with E-state index in [1.165, 1.54) is 6.21 Å². The van der Waals surface area contributed by atoms with Gasteiger partial charge in [0, 0.05) is 96.9 Å². The van der Waals surface area contributed by atoms with Gasteiger partial charge in [-0.3, -0.25) is 14.8 Å². The highest BCUT2D eigenvalue weighted by atomic mass is 16.5. The fourth-order valence-electron chi connectivity index (χ4n) is 5.25. The number of pyridine rings is 1. The third-order valence-electron chi connectivity index (χ3n) is 7.50. The Morgan fingerprint density at radius 1 is 1.10 bits per heavy atom. The fourth-order valence-corrected chi connectivity index (χ4v) is 5.25. The van der Waals surface area contributed by atoms with Gasteiger partial charge in [0.25, 0.3) is 5.91 Å². The lowest BCUT2D eigenvalue weighted by Gasteiger charge is -2.26. The van der Waals surface area contributed by atoms with Gasteiger partial charge >= 0.3 is 0 Å². The number of nitrogens with one attached hydrogen (secondary N) is 5. The van der Waals surface area contributed by atoms with Crippen LogP contribution in [0.4, 0.5) is 17.2 Å². The number of hydrogen-bond acceptors (Lipinski definition) is 9. The third kappa shape index (κ3) is 6.27. The number of ether oxygens (including phenoxy) is 2. The Labute approximate surface area is 244 Å². The topological polar surface area (TPSA) is 140 Å². The first-order chi connectivity index (χ1) is 20.7. The lowest BCUT2D eigenvalue weighted by Crippen LogP contribution is -2.39. The van der Waals surface area contributed by atoms with E-state index in [-0.39, 0.29) is 5.91 Å². The Kier molecular flexibility index (Phi) is 8.38. The predicted octanol–water partition coefficient (Wildman–Crippen LogP) is 4.01. The number of morpholine rings is 1. The minimum absolute atomic E-state index is 0.227. The van der Waals surface area contributed by atoms with Crippen LogP contribution in [-0.2, 0) is 17.7 Å². The zero-order chi connectivity index (χ0) is 28.7. The Hall–Kier alpha value is -4.74. The number of rotatable bonds is 11. The van der Waals surface area contributed by atoms with Crippen LogP contribution in [0, 0.1) is 5.41 Å². The highest BCUT2D eigenvalue weighted by Gasteiger charge is 2.23. The quantitative estimate of drug-likeness (QED) is 0.172. The van der Waals surface area contributed by atoms with Gasteiger partial charge in [-0.15, -0.1) is 0 Å². The zero-order valence-electron chi connectivity index (χ0n) is 23.3. The molecule has 1 fully saturated rings. The van der Waals surface area contributed by atoms with Crippen molar-refractivity contribution >= 4 is 29.3 Å². The van der Waals surface area contributed by atoms with Crippen LogP contribution in [0.15, 0.2) is 61.1 Å². The molecule has 0 aliphatic carbocycles. The van der Waals surface area contributed by atoms with Crippen LogP contribution in [0.2, 0.25) is 0 Å². The van der Waals surface area contributed by atoms with E-state index in [9.17, 15) is 4.79 Å². The van der Waals surface area contributed by atoms with E-state index in [0.717, 1.165) is 85.3 Å². The molecule has 216 valence electrons. The van der Waals surface area contributed by atoms with Crippen molar-refractivity contribution in [2.45, 2.75) is 13.0 Å². The monoisotopic (exact) mass is 566 g/mol. The molecular formula is C31H34N8O3. The minimum atomic E-state index is -0.227. The summed E-state index contributed by atoms with van der Waals surface area (Å²) in [7, 11) is 0. The number of aromatic amines is 1. The second-order valence-electron chi connectivity index (χ2n) is 10.2. The predicted molar refractivity (Wildman–Crippen MR) is 163 cm³/mol. The van der Waals surface area contributed by atoms with Gasteiger partial charge in [0.15, 0.2) is 0 Å². The number of hydrogen-bond donors (Lipinski definition) is 5. The van der Waals surface area contributed by atoms with Crippen molar-refractivity contribution in [2.75, 3.05) is 62.0 Å². The second-order valence-corrected chi connectivity index (χ2v) is 10.2. The van der Waals surface area contributed by atoms with Crippen LogP contribution >= 0.6 is 0 Å².